The number of hydrogen-bond acceptors (Lipinski definition) is 4. The number of rotatable bonds is 5. The van der Waals surface area contributed by atoms with Gasteiger partial charge in [0.2, 0.25) is 5.60 Å². The molecule has 8 heteroatoms. The number of aryl methyl sites for hydroxylation is 1. The van der Waals surface area contributed by atoms with E-state index in [-0.39, 0.29) is 17.9 Å². The fraction of sp³-hybridized carbons (Fsp3) is 0.357. The molecule has 2 aromatic rings. The van der Waals surface area contributed by atoms with Crippen LogP contribution in [0.5, 0.6) is 0 Å². The molecule has 5 nitrogen and oxygen atoms in total. The van der Waals surface area contributed by atoms with Gasteiger partial charge in [0.05, 0.1) is 11.8 Å². The number of hydrogen-bond donors (Lipinski definition) is 2. The smallest absolute Gasteiger partial charge is 0.424 e. The minimum absolute atomic E-state index is 0.185. The number of carbonyl (C=O) groups is 1. The molecule has 0 aliphatic heterocycles. The fourth-order valence-corrected chi connectivity index (χ4v) is 1.91. The van der Waals surface area contributed by atoms with E-state index in [4.69, 9.17) is 8.83 Å². The van der Waals surface area contributed by atoms with Crippen LogP contribution >= 0.6 is 0 Å². The summed E-state index contributed by atoms with van der Waals surface area (Å²) in [5, 5.41) is 12.3. The summed E-state index contributed by atoms with van der Waals surface area (Å²) in [5.41, 5.74) is -2.98. The van der Waals surface area contributed by atoms with E-state index in [1.54, 1.807) is 0 Å². The molecule has 0 aliphatic carbocycles. The SMILES string of the molecule is Cc1ccc([C@@](O)(CCNC(=O)c2ccoc2)C(F)(F)F)o1. The highest BCUT2D eigenvalue weighted by atomic mass is 19.4. The summed E-state index contributed by atoms with van der Waals surface area (Å²) in [6.07, 6.45) is -3.27. The van der Waals surface area contributed by atoms with Crippen LogP contribution in [0.2, 0.25) is 0 Å². The molecule has 1 amide bonds. The predicted molar refractivity (Wildman–Crippen MR) is 69.1 cm³/mol. The van der Waals surface area contributed by atoms with Crippen LogP contribution in [0.3, 0.4) is 0 Å². The number of carbonyl (C=O) groups excluding carboxylic acids is 1. The predicted octanol–water partition coefficient (Wildman–Crippen LogP) is 2.75. The molecule has 0 spiro atoms. The van der Waals surface area contributed by atoms with Gasteiger partial charge in [-0.05, 0) is 25.1 Å². The highest BCUT2D eigenvalue weighted by Gasteiger charge is 2.56. The summed E-state index contributed by atoms with van der Waals surface area (Å²) in [4.78, 5) is 11.6. The van der Waals surface area contributed by atoms with Crippen molar-refractivity contribution >= 4 is 5.91 Å². The minimum atomic E-state index is -4.93. The van der Waals surface area contributed by atoms with E-state index < -0.39 is 29.9 Å². The van der Waals surface area contributed by atoms with E-state index in [1.165, 1.54) is 31.6 Å². The van der Waals surface area contributed by atoms with Crippen molar-refractivity contribution in [2.45, 2.75) is 25.1 Å². The lowest BCUT2D eigenvalue weighted by Gasteiger charge is -2.28. The van der Waals surface area contributed by atoms with Crippen LogP contribution in [0.15, 0.2) is 39.6 Å². The molecule has 0 fully saturated rings. The third-order valence-electron chi connectivity index (χ3n) is 3.17. The fourth-order valence-electron chi connectivity index (χ4n) is 1.91. The Morgan fingerprint density at radius 1 is 1.32 bits per heavy atom. The van der Waals surface area contributed by atoms with Gasteiger partial charge in [0.1, 0.15) is 17.8 Å². The Labute approximate surface area is 123 Å². The number of alkyl halides is 3. The monoisotopic (exact) mass is 317 g/mol. The van der Waals surface area contributed by atoms with Crippen LogP contribution in [-0.4, -0.2) is 23.7 Å². The van der Waals surface area contributed by atoms with Crippen LogP contribution < -0.4 is 5.32 Å². The van der Waals surface area contributed by atoms with Crippen molar-refractivity contribution in [3.8, 4) is 0 Å². The van der Waals surface area contributed by atoms with Crippen LogP contribution in [0.4, 0.5) is 13.2 Å². The van der Waals surface area contributed by atoms with Crippen molar-refractivity contribution in [2.24, 2.45) is 0 Å². The first-order valence-corrected chi connectivity index (χ1v) is 6.40. The van der Waals surface area contributed by atoms with Gasteiger partial charge >= 0.3 is 6.18 Å². The van der Waals surface area contributed by atoms with Gasteiger partial charge in [-0.25, -0.2) is 0 Å². The number of furan rings is 2. The normalized spacial score (nSPS) is 14.6. The quantitative estimate of drug-likeness (QED) is 0.889. The zero-order valence-corrected chi connectivity index (χ0v) is 11.6. The maximum Gasteiger partial charge on any atom is 0.424 e. The van der Waals surface area contributed by atoms with E-state index >= 15 is 0 Å². The van der Waals surface area contributed by atoms with Crippen LogP contribution in [0, 0.1) is 6.92 Å². The average molecular weight is 317 g/mol. The van der Waals surface area contributed by atoms with E-state index in [0.717, 1.165) is 6.07 Å². The van der Waals surface area contributed by atoms with E-state index in [9.17, 15) is 23.1 Å². The number of nitrogens with one attached hydrogen (secondary N) is 1. The molecule has 0 radical (unpaired) electrons. The second kappa shape index (κ2) is 5.88. The third kappa shape index (κ3) is 3.16. The first-order valence-electron chi connectivity index (χ1n) is 6.40. The highest BCUT2D eigenvalue weighted by Crippen LogP contribution is 2.41. The molecule has 120 valence electrons. The van der Waals surface area contributed by atoms with Gasteiger partial charge in [-0.2, -0.15) is 13.2 Å². The van der Waals surface area contributed by atoms with Crippen molar-refractivity contribution in [2.75, 3.05) is 6.54 Å². The molecular weight excluding hydrogens is 303 g/mol. The Bertz CT molecular complexity index is 633. The van der Waals surface area contributed by atoms with Gasteiger partial charge in [0.25, 0.3) is 5.91 Å². The van der Waals surface area contributed by atoms with Crippen molar-refractivity contribution < 1.29 is 31.9 Å². The lowest BCUT2D eigenvalue weighted by molar-refractivity contribution is -0.274. The van der Waals surface area contributed by atoms with Crippen LogP contribution in [0.25, 0.3) is 0 Å². The highest BCUT2D eigenvalue weighted by molar-refractivity contribution is 5.93. The maximum absolute atomic E-state index is 13.2. The molecule has 0 saturated carbocycles. The number of amides is 1. The average Bonchev–Trinajstić information content (AvgIpc) is 3.07. The second-order valence-electron chi connectivity index (χ2n) is 4.79. The van der Waals surface area contributed by atoms with Crippen LogP contribution in [0.1, 0.15) is 28.3 Å². The number of halogens is 3. The molecule has 2 N–H and O–H groups in total. The van der Waals surface area contributed by atoms with E-state index in [2.05, 4.69) is 5.32 Å². The Kier molecular flexibility index (Phi) is 4.32. The molecule has 0 aromatic carbocycles. The zero-order valence-electron chi connectivity index (χ0n) is 11.6. The summed E-state index contributed by atoms with van der Waals surface area (Å²) >= 11 is 0. The topological polar surface area (TPSA) is 75.6 Å². The summed E-state index contributed by atoms with van der Waals surface area (Å²) in [6.45, 7) is 1.08. The molecule has 2 rings (SSSR count). The number of aliphatic hydroxyl groups is 1. The van der Waals surface area contributed by atoms with Gasteiger partial charge < -0.3 is 19.3 Å². The zero-order chi connectivity index (χ0) is 16.4. The molecule has 0 aliphatic rings. The van der Waals surface area contributed by atoms with E-state index in [1.807, 2.05) is 0 Å². The maximum atomic E-state index is 13.2. The molecule has 0 bridgehead atoms. The van der Waals surface area contributed by atoms with Gasteiger partial charge in [0.15, 0.2) is 0 Å². The summed E-state index contributed by atoms with van der Waals surface area (Å²) in [7, 11) is 0. The molecule has 2 heterocycles. The Morgan fingerprint density at radius 2 is 2.05 bits per heavy atom. The molecule has 2 aromatic heterocycles. The van der Waals surface area contributed by atoms with Crippen molar-refractivity contribution in [1.29, 1.82) is 0 Å². The van der Waals surface area contributed by atoms with Crippen LogP contribution in [-0.2, 0) is 5.60 Å². The molecule has 1 atom stereocenters. The summed E-state index contributed by atoms with van der Waals surface area (Å²) in [5.74, 6) is -0.941. The lowest BCUT2D eigenvalue weighted by atomic mass is 9.95. The third-order valence-corrected chi connectivity index (χ3v) is 3.17. The Morgan fingerprint density at radius 3 is 2.55 bits per heavy atom. The standard InChI is InChI=1S/C14H14F3NO4/c1-9-2-3-11(22-9)13(20,14(15,16)17)5-6-18-12(19)10-4-7-21-8-10/h2-4,7-8,20H,5-6H2,1H3,(H,18,19)/t13-/m0/s1. The molecule has 0 unspecified atom stereocenters. The van der Waals surface area contributed by atoms with E-state index in [0.29, 0.717) is 0 Å². The molecule has 0 saturated heterocycles. The summed E-state index contributed by atoms with van der Waals surface area (Å²) < 4.78 is 49.1. The van der Waals surface area contributed by atoms with Crippen molar-refractivity contribution in [3.63, 3.8) is 0 Å². The lowest BCUT2D eigenvalue weighted by Crippen LogP contribution is -2.44. The Hall–Kier alpha value is -2.22. The van der Waals surface area contributed by atoms with Gasteiger partial charge in [-0.15, -0.1) is 0 Å². The van der Waals surface area contributed by atoms with Gasteiger partial charge in [0, 0.05) is 13.0 Å². The summed E-state index contributed by atoms with van der Waals surface area (Å²) in [6, 6.07) is 3.78. The first-order chi connectivity index (χ1) is 10.2. The van der Waals surface area contributed by atoms with Gasteiger partial charge in [-0.3, -0.25) is 4.79 Å². The molecule has 22 heavy (non-hydrogen) atoms. The Balaban J connectivity index is 2.07. The first kappa shape index (κ1) is 16.2. The van der Waals surface area contributed by atoms with Crippen molar-refractivity contribution in [1.82, 2.24) is 5.32 Å². The second-order valence-corrected chi connectivity index (χ2v) is 4.79. The largest absolute Gasteiger partial charge is 0.472 e. The van der Waals surface area contributed by atoms with Crippen molar-refractivity contribution in [3.05, 3.63) is 47.8 Å². The minimum Gasteiger partial charge on any atom is -0.472 e. The molecular formula is C14H14F3NO4. The van der Waals surface area contributed by atoms with Gasteiger partial charge in [-0.1, -0.05) is 0 Å².